The van der Waals surface area contributed by atoms with Gasteiger partial charge in [-0.25, -0.2) is 9.67 Å². The van der Waals surface area contributed by atoms with Gasteiger partial charge in [0.15, 0.2) is 0 Å². The Bertz CT molecular complexity index is 371. The van der Waals surface area contributed by atoms with E-state index in [-0.39, 0.29) is 0 Å². The van der Waals surface area contributed by atoms with Gasteiger partial charge in [-0.3, -0.25) is 0 Å². The van der Waals surface area contributed by atoms with Crippen molar-refractivity contribution >= 4 is 11.8 Å². The van der Waals surface area contributed by atoms with Crippen molar-refractivity contribution in [3.63, 3.8) is 0 Å². The van der Waals surface area contributed by atoms with Crippen molar-refractivity contribution in [3.05, 3.63) is 12.2 Å². The third kappa shape index (κ3) is 3.96. The predicted molar refractivity (Wildman–Crippen MR) is 81.7 cm³/mol. The minimum atomic E-state index is 0.389. The first kappa shape index (κ1) is 14.9. The molecule has 0 saturated carbocycles. The number of nitrogens with zero attached hydrogens (tertiary/aromatic N) is 3. The van der Waals surface area contributed by atoms with E-state index >= 15 is 0 Å². The van der Waals surface area contributed by atoms with E-state index in [2.05, 4.69) is 52.6 Å². The molecular formula is C14H26N4S. The van der Waals surface area contributed by atoms with Crippen LogP contribution in [0.5, 0.6) is 0 Å². The van der Waals surface area contributed by atoms with E-state index in [4.69, 9.17) is 0 Å². The quantitative estimate of drug-likeness (QED) is 0.835. The zero-order valence-corrected chi connectivity index (χ0v) is 13.1. The summed E-state index contributed by atoms with van der Waals surface area (Å²) in [7, 11) is 0. The lowest BCUT2D eigenvalue weighted by Gasteiger charge is -2.24. The van der Waals surface area contributed by atoms with E-state index in [0.29, 0.717) is 12.1 Å². The molecule has 1 aromatic heterocycles. The number of hydrogen-bond acceptors (Lipinski definition) is 4. The van der Waals surface area contributed by atoms with Crippen LogP contribution in [0.4, 0.5) is 0 Å². The lowest BCUT2D eigenvalue weighted by molar-refractivity contribution is 0.441. The highest BCUT2D eigenvalue weighted by Crippen LogP contribution is 2.30. The molecule has 1 saturated heterocycles. The Morgan fingerprint density at radius 1 is 1.53 bits per heavy atom. The summed E-state index contributed by atoms with van der Waals surface area (Å²) in [6, 6.07) is 0.926. The molecule has 0 aliphatic carbocycles. The molecule has 0 aromatic carbocycles. The Morgan fingerprint density at radius 2 is 2.37 bits per heavy atom. The molecule has 1 aliphatic heterocycles. The average molecular weight is 282 g/mol. The zero-order valence-electron chi connectivity index (χ0n) is 12.3. The summed E-state index contributed by atoms with van der Waals surface area (Å²) >= 11 is 2.12. The average Bonchev–Trinajstić information content (AvgIpc) is 3.04. The van der Waals surface area contributed by atoms with Crippen molar-refractivity contribution < 1.29 is 0 Å². The second-order valence-electron chi connectivity index (χ2n) is 5.53. The Kier molecular flexibility index (Phi) is 5.70. The maximum Gasteiger partial charge on any atom is 0.138 e. The van der Waals surface area contributed by atoms with Crippen LogP contribution in [0.25, 0.3) is 0 Å². The van der Waals surface area contributed by atoms with Gasteiger partial charge in [-0.2, -0.15) is 16.9 Å². The molecule has 19 heavy (non-hydrogen) atoms. The van der Waals surface area contributed by atoms with Crippen molar-refractivity contribution in [2.24, 2.45) is 0 Å². The summed E-state index contributed by atoms with van der Waals surface area (Å²) < 4.78 is 2.06. The molecule has 1 aromatic rings. The number of thioether (sulfide) groups is 1. The molecule has 1 aliphatic rings. The van der Waals surface area contributed by atoms with Gasteiger partial charge in [0.1, 0.15) is 12.2 Å². The highest BCUT2D eigenvalue weighted by molar-refractivity contribution is 8.00. The number of aromatic nitrogens is 3. The summed E-state index contributed by atoms with van der Waals surface area (Å²) in [5.41, 5.74) is 0. The molecule has 0 radical (unpaired) electrons. The standard InChI is InChI=1S/C14H26N4S/c1-4-7-15-12(13-6-5-8-19-13)9-14-16-10-17-18(14)11(2)3/h10-13,15H,4-9H2,1-3H3. The first-order valence-corrected chi connectivity index (χ1v) is 8.50. The molecule has 4 nitrogen and oxygen atoms in total. The minimum absolute atomic E-state index is 0.389. The van der Waals surface area contributed by atoms with Crippen molar-refractivity contribution in [2.75, 3.05) is 12.3 Å². The first-order valence-electron chi connectivity index (χ1n) is 7.45. The zero-order chi connectivity index (χ0) is 13.7. The largest absolute Gasteiger partial charge is 0.312 e. The van der Waals surface area contributed by atoms with Gasteiger partial charge in [0, 0.05) is 23.8 Å². The number of nitrogens with one attached hydrogen (secondary N) is 1. The summed E-state index contributed by atoms with van der Waals surface area (Å²) in [5.74, 6) is 2.43. The third-order valence-electron chi connectivity index (χ3n) is 3.61. The van der Waals surface area contributed by atoms with E-state index in [0.717, 1.165) is 24.0 Å². The molecule has 0 spiro atoms. The fraction of sp³-hybridized carbons (Fsp3) is 0.857. The Morgan fingerprint density at radius 3 is 3.00 bits per heavy atom. The molecule has 2 rings (SSSR count). The molecular weight excluding hydrogens is 256 g/mol. The van der Waals surface area contributed by atoms with Gasteiger partial charge in [-0.05, 0) is 45.4 Å². The smallest absolute Gasteiger partial charge is 0.138 e. The molecule has 2 unspecified atom stereocenters. The van der Waals surface area contributed by atoms with Crippen LogP contribution in [0.15, 0.2) is 6.33 Å². The summed E-state index contributed by atoms with van der Waals surface area (Å²) in [6.07, 6.45) is 6.56. The van der Waals surface area contributed by atoms with Crippen molar-refractivity contribution in [1.29, 1.82) is 0 Å². The first-order chi connectivity index (χ1) is 9.22. The van der Waals surface area contributed by atoms with Crippen LogP contribution in [-0.2, 0) is 6.42 Å². The highest BCUT2D eigenvalue weighted by atomic mass is 32.2. The van der Waals surface area contributed by atoms with E-state index in [1.807, 2.05) is 0 Å². The monoisotopic (exact) mass is 282 g/mol. The Labute approximate surface area is 120 Å². The van der Waals surface area contributed by atoms with Crippen LogP contribution in [-0.4, -0.2) is 38.4 Å². The molecule has 108 valence electrons. The molecule has 2 atom stereocenters. The lowest BCUT2D eigenvalue weighted by atomic mass is 10.1. The maximum atomic E-state index is 4.46. The Hall–Kier alpha value is -0.550. The van der Waals surface area contributed by atoms with E-state index in [9.17, 15) is 0 Å². The lowest BCUT2D eigenvalue weighted by Crippen LogP contribution is -2.40. The van der Waals surface area contributed by atoms with Crippen LogP contribution >= 0.6 is 11.8 Å². The number of rotatable bonds is 7. The van der Waals surface area contributed by atoms with Gasteiger partial charge in [-0.1, -0.05) is 6.92 Å². The topological polar surface area (TPSA) is 42.7 Å². The second kappa shape index (κ2) is 7.29. The van der Waals surface area contributed by atoms with Crippen LogP contribution in [0.1, 0.15) is 51.9 Å². The van der Waals surface area contributed by atoms with Crippen LogP contribution in [0, 0.1) is 0 Å². The molecule has 1 fully saturated rings. The van der Waals surface area contributed by atoms with Gasteiger partial charge in [0.2, 0.25) is 0 Å². The fourth-order valence-corrected chi connectivity index (χ4v) is 4.03. The molecule has 0 bridgehead atoms. The van der Waals surface area contributed by atoms with Gasteiger partial charge in [0.05, 0.1) is 0 Å². The summed E-state index contributed by atoms with van der Waals surface area (Å²) in [5, 5.41) is 8.80. The van der Waals surface area contributed by atoms with Crippen LogP contribution in [0.3, 0.4) is 0 Å². The Balaban J connectivity index is 2.03. The van der Waals surface area contributed by atoms with Crippen molar-refractivity contribution in [2.45, 2.75) is 63.8 Å². The predicted octanol–water partition coefficient (Wildman–Crippen LogP) is 2.67. The number of hydrogen-bond donors (Lipinski definition) is 1. The van der Waals surface area contributed by atoms with Gasteiger partial charge >= 0.3 is 0 Å². The van der Waals surface area contributed by atoms with Crippen molar-refractivity contribution in [1.82, 2.24) is 20.1 Å². The van der Waals surface area contributed by atoms with Crippen LogP contribution in [0.2, 0.25) is 0 Å². The van der Waals surface area contributed by atoms with Crippen molar-refractivity contribution in [3.8, 4) is 0 Å². The van der Waals surface area contributed by atoms with Gasteiger partial charge < -0.3 is 5.32 Å². The maximum absolute atomic E-state index is 4.46. The van der Waals surface area contributed by atoms with E-state index in [1.54, 1.807) is 6.33 Å². The fourth-order valence-electron chi connectivity index (χ4n) is 2.63. The molecule has 0 amide bonds. The molecule has 2 heterocycles. The van der Waals surface area contributed by atoms with E-state index < -0.39 is 0 Å². The minimum Gasteiger partial charge on any atom is -0.312 e. The van der Waals surface area contributed by atoms with Crippen LogP contribution < -0.4 is 5.32 Å². The van der Waals surface area contributed by atoms with Gasteiger partial charge in [-0.15, -0.1) is 0 Å². The van der Waals surface area contributed by atoms with Gasteiger partial charge in [0.25, 0.3) is 0 Å². The normalized spacial score (nSPS) is 21.2. The SMILES string of the molecule is CCCNC(Cc1ncnn1C(C)C)C1CCCS1. The summed E-state index contributed by atoms with van der Waals surface area (Å²) in [4.78, 5) is 4.46. The molecule has 5 heteroatoms. The highest BCUT2D eigenvalue weighted by Gasteiger charge is 2.27. The summed E-state index contributed by atoms with van der Waals surface area (Å²) in [6.45, 7) is 7.65. The second-order valence-corrected chi connectivity index (χ2v) is 6.88. The molecule has 1 N–H and O–H groups in total. The van der Waals surface area contributed by atoms with E-state index in [1.165, 1.54) is 25.0 Å². The third-order valence-corrected chi connectivity index (χ3v) is 5.13.